The maximum Gasteiger partial charge on any atom is 0.252 e. The number of hydrogen-bond acceptors (Lipinski definition) is 4. The van der Waals surface area contributed by atoms with Crippen molar-refractivity contribution in [3.63, 3.8) is 0 Å². The van der Waals surface area contributed by atoms with Gasteiger partial charge in [-0.2, -0.15) is 4.31 Å². The Balaban J connectivity index is 2.30. The highest BCUT2D eigenvalue weighted by atomic mass is 32.2. The van der Waals surface area contributed by atoms with Crippen molar-refractivity contribution in [2.75, 3.05) is 13.6 Å². The van der Waals surface area contributed by atoms with Gasteiger partial charge >= 0.3 is 0 Å². The number of likely N-dealkylation sites (N-methyl/N-ethyl adjacent to an activating group) is 1. The minimum atomic E-state index is -3.34. The number of piperidine rings is 1. The number of nitrogens with one attached hydrogen (secondary N) is 1. The van der Waals surface area contributed by atoms with E-state index in [4.69, 9.17) is 0 Å². The normalized spacial score (nSPS) is 22.9. The van der Waals surface area contributed by atoms with Gasteiger partial charge in [-0.25, -0.2) is 8.42 Å². The Morgan fingerprint density at radius 3 is 2.80 bits per heavy atom. The van der Waals surface area contributed by atoms with Crippen molar-refractivity contribution in [3.05, 3.63) is 17.0 Å². The summed E-state index contributed by atoms with van der Waals surface area (Å²) in [5.41, 5.74) is 0. The molecule has 4 nitrogen and oxygen atoms in total. The van der Waals surface area contributed by atoms with Crippen LogP contribution >= 0.6 is 11.3 Å². The molecule has 114 valence electrons. The quantitative estimate of drug-likeness (QED) is 0.908. The summed E-state index contributed by atoms with van der Waals surface area (Å²) in [5.74, 6) is 0. The summed E-state index contributed by atoms with van der Waals surface area (Å²) in [5, 5.41) is 3.20. The first-order chi connectivity index (χ1) is 9.50. The summed E-state index contributed by atoms with van der Waals surface area (Å²) in [7, 11) is -1.45. The van der Waals surface area contributed by atoms with Crippen molar-refractivity contribution in [2.24, 2.45) is 0 Å². The Kier molecular flexibility index (Phi) is 5.23. The minimum absolute atomic E-state index is 0.0610. The van der Waals surface area contributed by atoms with Crippen LogP contribution in [0, 0.1) is 0 Å². The van der Waals surface area contributed by atoms with E-state index in [1.165, 1.54) is 11.3 Å². The third-order valence-corrected chi connectivity index (χ3v) is 7.70. The van der Waals surface area contributed by atoms with Crippen molar-refractivity contribution >= 4 is 21.4 Å². The molecule has 2 atom stereocenters. The standard InChI is InChI=1S/C14H24N2O2S2/c1-4-12-8-9-14(19-12)20(17,18)16-10-6-5-7-13(16)11(2)15-3/h8-9,11,13,15H,4-7,10H2,1-3H3. The van der Waals surface area contributed by atoms with Gasteiger partial charge < -0.3 is 5.32 Å². The van der Waals surface area contributed by atoms with Crippen LogP contribution in [-0.4, -0.2) is 38.4 Å². The van der Waals surface area contributed by atoms with Gasteiger partial charge in [0, 0.05) is 23.5 Å². The summed E-state index contributed by atoms with van der Waals surface area (Å²) >= 11 is 1.40. The van der Waals surface area contributed by atoms with Crippen molar-refractivity contribution in [1.82, 2.24) is 9.62 Å². The third-order valence-electron chi connectivity index (χ3n) is 4.08. The molecule has 1 aromatic heterocycles. The van der Waals surface area contributed by atoms with Crippen LogP contribution in [0.1, 0.15) is 38.0 Å². The molecule has 1 fully saturated rings. The zero-order chi connectivity index (χ0) is 14.8. The third kappa shape index (κ3) is 3.08. The molecule has 1 saturated heterocycles. The van der Waals surface area contributed by atoms with E-state index >= 15 is 0 Å². The van der Waals surface area contributed by atoms with Gasteiger partial charge in [-0.15, -0.1) is 11.3 Å². The van der Waals surface area contributed by atoms with E-state index in [9.17, 15) is 8.42 Å². The molecule has 0 saturated carbocycles. The summed E-state index contributed by atoms with van der Waals surface area (Å²) in [6.07, 6.45) is 3.88. The van der Waals surface area contributed by atoms with E-state index in [-0.39, 0.29) is 12.1 Å². The van der Waals surface area contributed by atoms with Crippen LogP contribution in [0.4, 0.5) is 0 Å². The zero-order valence-corrected chi connectivity index (χ0v) is 14.1. The minimum Gasteiger partial charge on any atom is -0.316 e. The van der Waals surface area contributed by atoms with Crippen LogP contribution in [0.15, 0.2) is 16.3 Å². The summed E-state index contributed by atoms with van der Waals surface area (Å²) in [4.78, 5) is 1.12. The number of hydrogen-bond donors (Lipinski definition) is 1. The molecule has 1 aliphatic rings. The first-order valence-electron chi connectivity index (χ1n) is 7.28. The molecule has 0 bridgehead atoms. The van der Waals surface area contributed by atoms with Crippen molar-refractivity contribution in [2.45, 2.75) is 55.8 Å². The molecule has 2 rings (SSSR count). The van der Waals surface area contributed by atoms with E-state index in [1.807, 2.05) is 13.1 Å². The first kappa shape index (κ1) is 15.9. The second-order valence-corrected chi connectivity index (χ2v) is 8.62. The van der Waals surface area contributed by atoms with Gasteiger partial charge in [0.2, 0.25) is 0 Å². The van der Waals surface area contributed by atoms with Crippen molar-refractivity contribution in [1.29, 1.82) is 0 Å². The number of thiophene rings is 1. The molecule has 0 aromatic carbocycles. The SMILES string of the molecule is CCc1ccc(S(=O)(=O)N2CCCCC2C(C)NC)s1. The maximum absolute atomic E-state index is 12.9. The second-order valence-electron chi connectivity index (χ2n) is 5.33. The van der Waals surface area contributed by atoms with E-state index in [2.05, 4.69) is 19.2 Å². The predicted molar refractivity (Wildman–Crippen MR) is 83.7 cm³/mol. The van der Waals surface area contributed by atoms with Crippen LogP contribution < -0.4 is 5.32 Å². The lowest BCUT2D eigenvalue weighted by Gasteiger charge is -2.37. The number of aryl methyl sites for hydroxylation is 1. The van der Waals surface area contributed by atoms with Gasteiger partial charge in [0.1, 0.15) is 4.21 Å². The average Bonchev–Trinajstić information content (AvgIpc) is 2.96. The molecular weight excluding hydrogens is 292 g/mol. The van der Waals surface area contributed by atoms with E-state index in [0.717, 1.165) is 30.6 Å². The van der Waals surface area contributed by atoms with Crippen LogP contribution in [0.25, 0.3) is 0 Å². The van der Waals surface area contributed by atoms with E-state index < -0.39 is 10.0 Å². The fraction of sp³-hybridized carbons (Fsp3) is 0.714. The van der Waals surface area contributed by atoms with Crippen LogP contribution in [0.2, 0.25) is 0 Å². The van der Waals surface area contributed by atoms with Gasteiger partial charge in [-0.3, -0.25) is 0 Å². The summed E-state index contributed by atoms with van der Waals surface area (Å²) in [6, 6.07) is 3.92. The molecule has 1 aliphatic heterocycles. The lowest BCUT2D eigenvalue weighted by Crippen LogP contribution is -2.52. The van der Waals surface area contributed by atoms with Gasteiger partial charge in [0.05, 0.1) is 0 Å². The van der Waals surface area contributed by atoms with Crippen LogP contribution in [-0.2, 0) is 16.4 Å². The predicted octanol–water partition coefficient (Wildman–Crippen LogP) is 2.46. The molecule has 1 aromatic rings. The maximum atomic E-state index is 12.9. The zero-order valence-electron chi connectivity index (χ0n) is 12.4. The Morgan fingerprint density at radius 2 is 2.20 bits per heavy atom. The molecule has 6 heteroatoms. The molecule has 0 radical (unpaired) electrons. The topological polar surface area (TPSA) is 49.4 Å². The lowest BCUT2D eigenvalue weighted by atomic mass is 9.99. The van der Waals surface area contributed by atoms with E-state index in [1.54, 1.807) is 10.4 Å². The van der Waals surface area contributed by atoms with Crippen LogP contribution in [0.5, 0.6) is 0 Å². The van der Waals surface area contributed by atoms with Gasteiger partial charge in [0.15, 0.2) is 0 Å². The summed E-state index contributed by atoms with van der Waals surface area (Å²) in [6.45, 7) is 4.75. The Bertz CT molecular complexity index is 539. The summed E-state index contributed by atoms with van der Waals surface area (Å²) < 4.78 is 27.9. The highest BCUT2D eigenvalue weighted by Gasteiger charge is 2.36. The largest absolute Gasteiger partial charge is 0.316 e. The van der Waals surface area contributed by atoms with Crippen molar-refractivity contribution in [3.8, 4) is 0 Å². The molecule has 2 heterocycles. The van der Waals surface area contributed by atoms with Gasteiger partial charge in [0.25, 0.3) is 10.0 Å². The number of rotatable bonds is 5. The van der Waals surface area contributed by atoms with Gasteiger partial charge in [-0.1, -0.05) is 13.3 Å². The highest BCUT2D eigenvalue weighted by Crippen LogP contribution is 2.30. The molecule has 0 aliphatic carbocycles. The fourth-order valence-corrected chi connectivity index (χ4v) is 5.91. The molecule has 2 unspecified atom stereocenters. The van der Waals surface area contributed by atoms with Crippen LogP contribution in [0.3, 0.4) is 0 Å². The van der Waals surface area contributed by atoms with Gasteiger partial charge in [-0.05, 0) is 45.4 Å². The fourth-order valence-electron chi connectivity index (χ4n) is 2.72. The number of sulfonamides is 1. The Hall–Kier alpha value is -0.430. The lowest BCUT2D eigenvalue weighted by molar-refractivity contribution is 0.214. The Labute approximate surface area is 126 Å². The second kappa shape index (κ2) is 6.56. The molecule has 0 spiro atoms. The van der Waals surface area contributed by atoms with Crippen molar-refractivity contribution < 1.29 is 8.42 Å². The number of nitrogens with zero attached hydrogens (tertiary/aromatic N) is 1. The molecule has 20 heavy (non-hydrogen) atoms. The van der Waals surface area contributed by atoms with E-state index in [0.29, 0.717) is 10.8 Å². The first-order valence-corrected chi connectivity index (χ1v) is 9.54. The Morgan fingerprint density at radius 1 is 1.45 bits per heavy atom. The average molecular weight is 316 g/mol. The molecule has 0 amide bonds. The smallest absolute Gasteiger partial charge is 0.252 e. The highest BCUT2D eigenvalue weighted by molar-refractivity contribution is 7.91. The monoisotopic (exact) mass is 316 g/mol. The molecular formula is C14H24N2O2S2. The molecule has 1 N–H and O–H groups in total.